The zero-order valence-electron chi connectivity index (χ0n) is 11.4. The van der Waals surface area contributed by atoms with Crippen LogP contribution in [0.1, 0.15) is 5.56 Å². The molecule has 0 radical (unpaired) electrons. The first-order chi connectivity index (χ1) is 9.78. The van der Waals surface area contributed by atoms with E-state index in [-0.39, 0.29) is 5.44 Å². The second-order valence-electron chi connectivity index (χ2n) is 4.58. The van der Waals surface area contributed by atoms with Gasteiger partial charge in [0.05, 0.1) is 6.61 Å². The van der Waals surface area contributed by atoms with Crippen LogP contribution in [0.4, 0.5) is 0 Å². The second-order valence-corrected chi connectivity index (χ2v) is 5.16. The van der Waals surface area contributed by atoms with Gasteiger partial charge in [0.15, 0.2) is 0 Å². The Labute approximate surface area is 125 Å². The number of thiol groups is 1. The third-order valence-corrected chi connectivity index (χ3v) is 3.28. The number of morpholine rings is 1. The molecule has 0 aromatic carbocycles. The molecule has 0 bridgehead atoms. The van der Waals surface area contributed by atoms with Gasteiger partial charge in [0.2, 0.25) is 5.88 Å². The Bertz CT molecular complexity index is 442. The Kier molecular flexibility index (Phi) is 6.32. The average Bonchev–Trinajstić information content (AvgIpc) is 2.44. The molecule has 20 heavy (non-hydrogen) atoms. The number of ether oxygens (including phenoxy) is 2. The Morgan fingerprint density at radius 3 is 3.25 bits per heavy atom. The van der Waals surface area contributed by atoms with Crippen LogP contribution in [0.15, 0.2) is 30.5 Å². The lowest BCUT2D eigenvalue weighted by molar-refractivity contribution is 0.0157. The van der Waals surface area contributed by atoms with Crippen molar-refractivity contribution in [3.8, 4) is 5.88 Å². The SMILES string of the molecule is NC/C=C/COc1cc(CN2CCOC(S)C2)ccn1. The normalized spacial score (nSPS) is 20.4. The minimum absolute atomic E-state index is 0.00251. The van der Waals surface area contributed by atoms with Crippen LogP contribution in [0.5, 0.6) is 5.88 Å². The molecule has 1 unspecified atom stereocenters. The number of nitrogens with two attached hydrogens (primary N) is 1. The highest BCUT2D eigenvalue weighted by atomic mass is 32.1. The molecule has 1 aliphatic heterocycles. The van der Waals surface area contributed by atoms with Gasteiger partial charge in [0, 0.05) is 38.4 Å². The lowest BCUT2D eigenvalue weighted by atomic mass is 10.2. The monoisotopic (exact) mass is 295 g/mol. The molecule has 0 amide bonds. The van der Waals surface area contributed by atoms with Crippen LogP contribution in [0.3, 0.4) is 0 Å². The zero-order chi connectivity index (χ0) is 14.2. The van der Waals surface area contributed by atoms with Crippen molar-refractivity contribution in [2.24, 2.45) is 5.73 Å². The maximum Gasteiger partial charge on any atom is 0.213 e. The molecule has 6 heteroatoms. The van der Waals surface area contributed by atoms with Gasteiger partial charge < -0.3 is 15.2 Å². The van der Waals surface area contributed by atoms with E-state index < -0.39 is 0 Å². The van der Waals surface area contributed by atoms with Gasteiger partial charge in [-0.05, 0) is 11.6 Å². The molecule has 1 atom stereocenters. The lowest BCUT2D eigenvalue weighted by Gasteiger charge is -2.30. The summed E-state index contributed by atoms with van der Waals surface area (Å²) in [5, 5.41) is 0. The van der Waals surface area contributed by atoms with Crippen molar-refractivity contribution in [3.63, 3.8) is 0 Å². The van der Waals surface area contributed by atoms with Crippen molar-refractivity contribution in [2.45, 2.75) is 12.0 Å². The summed E-state index contributed by atoms with van der Waals surface area (Å²) < 4.78 is 11.0. The standard InChI is InChI=1S/C14H21N3O2S/c15-4-1-2-7-18-13-9-12(3-5-16-13)10-17-6-8-19-14(20)11-17/h1-3,5,9,14,20H,4,6-8,10-11,15H2/b2-1+. The van der Waals surface area contributed by atoms with Gasteiger partial charge in [0.25, 0.3) is 0 Å². The van der Waals surface area contributed by atoms with E-state index in [2.05, 4.69) is 22.5 Å². The fourth-order valence-corrected chi connectivity index (χ4v) is 2.35. The molecule has 1 aromatic heterocycles. The third kappa shape index (κ3) is 5.13. The summed E-state index contributed by atoms with van der Waals surface area (Å²) in [4.78, 5) is 6.51. The van der Waals surface area contributed by atoms with E-state index in [0.29, 0.717) is 19.0 Å². The molecule has 0 aliphatic carbocycles. The summed E-state index contributed by atoms with van der Waals surface area (Å²) in [7, 11) is 0. The van der Waals surface area contributed by atoms with E-state index in [1.807, 2.05) is 24.3 Å². The molecular weight excluding hydrogens is 274 g/mol. The van der Waals surface area contributed by atoms with E-state index in [9.17, 15) is 0 Å². The van der Waals surface area contributed by atoms with Gasteiger partial charge in [-0.25, -0.2) is 4.98 Å². The number of nitrogens with zero attached hydrogens (tertiary/aromatic N) is 2. The van der Waals surface area contributed by atoms with Crippen molar-refractivity contribution in [1.29, 1.82) is 0 Å². The van der Waals surface area contributed by atoms with Crippen molar-refractivity contribution >= 4 is 12.6 Å². The summed E-state index contributed by atoms with van der Waals surface area (Å²) in [6.07, 6.45) is 5.53. The van der Waals surface area contributed by atoms with Gasteiger partial charge in [-0.2, -0.15) is 0 Å². The summed E-state index contributed by atoms with van der Waals surface area (Å²) in [5.74, 6) is 0.639. The minimum atomic E-state index is 0.00251. The zero-order valence-corrected chi connectivity index (χ0v) is 12.3. The van der Waals surface area contributed by atoms with Crippen LogP contribution in [0, 0.1) is 0 Å². The molecule has 1 aromatic rings. The smallest absolute Gasteiger partial charge is 0.213 e. The highest BCUT2D eigenvalue weighted by Gasteiger charge is 2.17. The molecule has 1 saturated heterocycles. The molecule has 2 heterocycles. The molecule has 1 aliphatic rings. The van der Waals surface area contributed by atoms with E-state index in [4.69, 9.17) is 15.2 Å². The number of hydrogen-bond acceptors (Lipinski definition) is 6. The lowest BCUT2D eigenvalue weighted by Crippen LogP contribution is -2.39. The fourth-order valence-electron chi connectivity index (χ4n) is 2.01. The van der Waals surface area contributed by atoms with Crippen molar-refractivity contribution < 1.29 is 9.47 Å². The van der Waals surface area contributed by atoms with Gasteiger partial charge in [-0.3, -0.25) is 4.90 Å². The van der Waals surface area contributed by atoms with Gasteiger partial charge in [-0.1, -0.05) is 12.2 Å². The molecule has 110 valence electrons. The van der Waals surface area contributed by atoms with Crippen molar-refractivity contribution in [3.05, 3.63) is 36.0 Å². The van der Waals surface area contributed by atoms with Crippen molar-refractivity contribution in [1.82, 2.24) is 9.88 Å². The Morgan fingerprint density at radius 1 is 1.55 bits per heavy atom. The summed E-state index contributed by atoms with van der Waals surface area (Å²) >= 11 is 4.35. The summed E-state index contributed by atoms with van der Waals surface area (Å²) in [6, 6.07) is 3.98. The van der Waals surface area contributed by atoms with E-state index in [1.54, 1.807) is 6.20 Å². The highest BCUT2D eigenvalue weighted by molar-refractivity contribution is 7.80. The Morgan fingerprint density at radius 2 is 2.45 bits per heavy atom. The maximum atomic E-state index is 5.55. The number of aromatic nitrogens is 1. The molecule has 0 saturated carbocycles. The maximum absolute atomic E-state index is 5.55. The molecule has 0 spiro atoms. The first kappa shape index (κ1) is 15.3. The largest absolute Gasteiger partial charge is 0.473 e. The number of pyridine rings is 1. The topological polar surface area (TPSA) is 60.6 Å². The summed E-state index contributed by atoms with van der Waals surface area (Å²) in [6.45, 7) is 4.36. The van der Waals surface area contributed by atoms with Crippen LogP contribution >= 0.6 is 12.6 Å². The highest BCUT2D eigenvalue weighted by Crippen LogP contribution is 2.15. The first-order valence-corrected chi connectivity index (χ1v) is 7.24. The van der Waals surface area contributed by atoms with Crippen LogP contribution in [0.2, 0.25) is 0 Å². The predicted octanol–water partition coefficient (Wildman–Crippen LogP) is 1.06. The number of rotatable bonds is 6. The van der Waals surface area contributed by atoms with Crippen LogP contribution in [-0.2, 0) is 11.3 Å². The quantitative estimate of drug-likeness (QED) is 0.607. The number of hydrogen-bond donors (Lipinski definition) is 2. The van der Waals surface area contributed by atoms with Gasteiger partial charge in [-0.15, -0.1) is 12.6 Å². The van der Waals surface area contributed by atoms with E-state index in [1.165, 1.54) is 5.56 Å². The van der Waals surface area contributed by atoms with Gasteiger partial charge >= 0.3 is 0 Å². The average molecular weight is 295 g/mol. The predicted molar refractivity (Wildman–Crippen MR) is 81.9 cm³/mol. The molecule has 2 rings (SSSR count). The Hall–Kier alpha value is -1.08. The molecule has 5 nitrogen and oxygen atoms in total. The van der Waals surface area contributed by atoms with Crippen molar-refractivity contribution in [2.75, 3.05) is 32.8 Å². The van der Waals surface area contributed by atoms with E-state index >= 15 is 0 Å². The molecule has 2 N–H and O–H groups in total. The van der Waals surface area contributed by atoms with Crippen LogP contribution in [-0.4, -0.2) is 48.2 Å². The Balaban J connectivity index is 1.87. The van der Waals surface area contributed by atoms with Crippen LogP contribution in [0.25, 0.3) is 0 Å². The van der Waals surface area contributed by atoms with Crippen LogP contribution < -0.4 is 10.5 Å². The molecule has 1 fully saturated rings. The van der Waals surface area contributed by atoms with E-state index in [0.717, 1.165) is 26.2 Å². The fraction of sp³-hybridized carbons (Fsp3) is 0.500. The third-order valence-electron chi connectivity index (χ3n) is 2.97. The van der Waals surface area contributed by atoms with Gasteiger partial charge in [0.1, 0.15) is 12.0 Å². The molecular formula is C14H21N3O2S. The summed E-state index contributed by atoms with van der Waals surface area (Å²) in [5.41, 5.74) is 6.55. The second kappa shape index (κ2) is 8.26. The minimum Gasteiger partial charge on any atom is -0.473 e. The first-order valence-electron chi connectivity index (χ1n) is 6.73.